The lowest BCUT2D eigenvalue weighted by molar-refractivity contribution is -0.130. The van der Waals surface area contributed by atoms with Gasteiger partial charge in [-0.2, -0.15) is 0 Å². The molecule has 0 radical (unpaired) electrons. The summed E-state index contributed by atoms with van der Waals surface area (Å²) in [6.07, 6.45) is 2.73. The number of hydrogen-bond donors (Lipinski definition) is 2. The minimum absolute atomic E-state index is 0.0511. The molecule has 178 valence electrons. The quantitative estimate of drug-likeness (QED) is 0.497. The average molecular weight is 465 g/mol. The molecule has 2 aromatic carbocycles. The number of ether oxygens (including phenoxy) is 3. The molecule has 0 aliphatic carbocycles. The molecule has 0 spiro atoms. The van der Waals surface area contributed by atoms with Gasteiger partial charge in [-0.15, -0.1) is 0 Å². The summed E-state index contributed by atoms with van der Waals surface area (Å²) in [5.41, 5.74) is 2.39. The Morgan fingerprint density at radius 1 is 1.06 bits per heavy atom. The molecule has 2 amide bonds. The Hall–Kier alpha value is -3.59. The van der Waals surface area contributed by atoms with Gasteiger partial charge >= 0.3 is 0 Å². The van der Waals surface area contributed by atoms with Crippen LogP contribution in [0.5, 0.6) is 11.5 Å². The van der Waals surface area contributed by atoms with E-state index in [1.54, 1.807) is 18.2 Å². The second-order valence-electron chi connectivity index (χ2n) is 8.41. The van der Waals surface area contributed by atoms with Gasteiger partial charge in [0.2, 0.25) is 11.8 Å². The summed E-state index contributed by atoms with van der Waals surface area (Å²) in [7, 11) is 0. The lowest BCUT2D eigenvalue weighted by Crippen LogP contribution is -2.34. The maximum absolute atomic E-state index is 12.9. The molecule has 2 aliphatic rings. The third-order valence-corrected chi connectivity index (χ3v) is 5.96. The van der Waals surface area contributed by atoms with E-state index in [1.807, 2.05) is 28.8 Å². The van der Waals surface area contributed by atoms with E-state index in [1.165, 1.54) is 0 Å². The Balaban J connectivity index is 1.23. The molecule has 9 heteroatoms. The van der Waals surface area contributed by atoms with E-state index in [0.717, 1.165) is 29.7 Å². The van der Waals surface area contributed by atoms with Gasteiger partial charge in [0.1, 0.15) is 31.7 Å². The Kier molecular flexibility index (Phi) is 6.62. The van der Waals surface area contributed by atoms with Crippen molar-refractivity contribution in [2.24, 2.45) is 0 Å². The van der Waals surface area contributed by atoms with Gasteiger partial charge in [-0.05, 0) is 43.5 Å². The average Bonchev–Trinajstić information content (AvgIpc) is 3.51. The standard InChI is InChI=1S/C25H28N4O5/c30-24(27-17-9-10-20-22(15-17)34-14-13-33-20)16-29-19-6-2-1-5-18(19)28-23(29)8-3-11-26-25(31)21-7-4-12-32-21/h1-2,5-6,9-10,15,21H,3-4,7-8,11-14,16H2,(H,26,31)(H,27,30). The number of anilines is 1. The Morgan fingerprint density at radius 2 is 1.91 bits per heavy atom. The molecule has 1 atom stereocenters. The number of fused-ring (bicyclic) bond motifs is 2. The number of benzene rings is 2. The fourth-order valence-electron chi connectivity index (χ4n) is 4.31. The first-order valence-corrected chi connectivity index (χ1v) is 11.7. The Labute approximate surface area is 197 Å². The van der Waals surface area contributed by atoms with E-state index >= 15 is 0 Å². The van der Waals surface area contributed by atoms with Crippen LogP contribution in [0.2, 0.25) is 0 Å². The van der Waals surface area contributed by atoms with Crippen molar-refractivity contribution < 1.29 is 23.8 Å². The van der Waals surface area contributed by atoms with Crippen molar-refractivity contribution in [3.05, 3.63) is 48.3 Å². The number of hydrogen-bond acceptors (Lipinski definition) is 6. The summed E-state index contributed by atoms with van der Waals surface area (Å²) in [5, 5.41) is 5.89. The highest BCUT2D eigenvalue weighted by molar-refractivity contribution is 5.92. The van der Waals surface area contributed by atoms with Crippen LogP contribution in [-0.2, 0) is 27.3 Å². The van der Waals surface area contributed by atoms with Crippen molar-refractivity contribution >= 4 is 28.5 Å². The minimum Gasteiger partial charge on any atom is -0.486 e. The number of para-hydroxylation sites is 2. The number of nitrogens with one attached hydrogen (secondary N) is 2. The van der Waals surface area contributed by atoms with Crippen molar-refractivity contribution in [2.75, 3.05) is 31.7 Å². The zero-order valence-corrected chi connectivity index (χ0v) is 18.9. The normalized spacial score (nSPS) is 17.0. The van der Waals surface area contributed by atoms with Crippen molar-refractivity contribution in [3.8, 4) is 11.5 Å². The Bertz CT molecular complexity index is 1190. The fraction of sp³-hybridized carbons (Fsp3) is 0.400. The number of amides is 2. The molecule has 0 bridgehead atoms. The zero-order chi connectivity index (χ0) is 23.3. The zero-order valence-electron chi connectivity index (χ0n) is 18.9. The van der Waals surface area contributed by atoms with Crippen LogP contribution in [0, 0.1) is 0 Å². The van der Waals surface area contributed by atoms with Crippen LogP contribution in [0.1, 0.15) is 25.1 Å². The predicted molar refractivity (Wildman–Crippen MR) is 126 cm³/mol. The number of nitrogens with zero attached hydrogens (tertiary/aromatic N) is 2. The van der Waals surface area contributed by atoms with Crippen LogP contribution >= 0.6 is 0 Å². The molecule has 0 saturated carbocycles. The molecule has 3 heterocycles. The molecule has 3 aromatic rings. The SMILES string of the molecule is O=C(Cn1c(CCCNC(=O)C2CCCO2)nc2ccccc21)Nc1ccc2c(c1)OCCO2. The van der Waals surface area contributed by atoms with Crippen LogP contribution in [0.3, 0.4) is 0 Å². The van der Waals surface area contributed by atoms with E-state index in [2.05, 4.69) is 10.6 Å². The predicted octanol–water partition coefficient (Wildman–Crippen LogP) is 2.67. The van der Waals surface area contributed by atoms with Gasteiger partial charge in [-0.3, -0.25) is 9.59 Å². The lowest BCUT2D eigenvalue weighted by atomic mass is 10.2. The summed E-state index contributed by atoms with van der Waals surface area (Å²) in [6.45, 7) is 2.32. The number of carbonyl (C=O) groups is 2. The molecule has 2 N–H and O–H groups in total. The van der Waals surface area contributed by atoms with Crippen LogP contribution in [0.25, 0.3) is 11.0 Å². The summed E-state index contributed by atoms with van der Waals surface area (Å²) in [5.74, 6) is 1.91. The third kappa shape index (κ3) is 4.99. The van der Waals surface area contributed by atoms with Crippen LogP contribution in [0.15, 0.2) is 42.5 Å². The van der Waals surface area contributed by atoms with Crippen LogP contribution < -0.4 is 20.1 Å². The van der Waals surface area contributed by atoms with Gasteiger partial charge in [0.25, 0.3) is 0 Å². The first kappa shape index (κ1) is 22.2. The molecular formula is C25H28N4O5. The highest BCUT2D eigenvalue weighted by Gasteiger charge is 2.23. The molecule has 1 unspecified atom stereocenters. The fourth-order valence-corrected chi connectivity index (χ4v) is 4.31. The smallest absolute Gasteiger partial charge is 0.249 e. The molecule has 1 saturated heterocycles. The van der Waals surface area contributed by atoms with Crippen LogP contribution in [0.4, 0.5) is 5.69 Å². The van der Waals surface area contributed by atoms with Gasteiger partial charge in [-0.25, -0.2) is 4.98 Å². The maximum atomic E-state index is 12.9. The van der Waals surface area contributed by atoms with Gasteiger partial charge in [0.15, 0.2) is 11.5 Å². The molecule has 34 heavy (non-hydrogen) atoms. The second kappa shape index (κ2) is 10.1. The number of carbonyl (C=O) groups excluding carboxylic acids is 2. The van der Waals surface area contributed by atoms with Gasteiger partial charge in [0, 0.05) is 31.3 Å². The van der Waals surface area contributed by atoms with Crippen LogP contribution in [-0.4, -0.2) is 53.8 Å². The summed E-state index contributed by atoms with van der Waals surface area (Å²) in [4.78, 5) is 29.8. The summed E-state index contributed by atoms with van der Waals surface area (Å²) < 4.78 is 18.5. The molecule has 1 aromatic heterocycles. The van der Waals surface area contributed by atoms with Crippen molar-refractivity contribution in [3.63, 3.8) is 0 Å². The molecule has 5 rings (SSSR count). The van der Waals surface area contributed by atoms with Gasteiger partial charge in [-0.1, -0.05) is 12.1 Å². The topological polar surface area (TPSA) is 104 Å². The highest BCUT2D eigenvalue weighted by Crippen LogP contribution is 2.32. The van der Waals surface area contributed by atoms with Crippen molar-refractivity contribution in [1.29, 1.82) is 0 Å². The van der Waals surface area contributed by atoms with E-state index in [4.69, 9.17) is 19.2 Å². The molecule has 1 fully saturated rings. The van der Waals surface area contributed by atoms with Gasteiger partial charge < -0.3 is 29.4 Å². The van der Waals surface area contributed by atoms with Crippen molar-refractivity contribution in [1.82, 2.24) is 14.9 Å². The van der Waals surface area contributed by atoms with E-state index < -0.39 is 0 Å². The molecular weight excluding hydrogens is 436 g/mol. The summed E-state index contributed by atoms with van der Waals surface area (Å²) in [6, 6.07) is 13.1. The van der Waals surface area contributed by atoms with E-state index in [9.17, 15) is 9.59 Å². The molecule has 9 nitrogen and oxygen atoms in total. The maximum Gasteiger partial charge on any atom is 0.249 e. The Morgan fingerprint density at radius 3 is 2.76 bits per heavy atom. The molecule has 2 aliphatic heterocycles. The number of imidazole rings is 1. The second-order valence-corrected chi connectivity index (χ2v) is 8.41. The minimum atomic E-state index is -0.325. The highest BCUT2D eigenvalue weighted by atomic mass is 16.6. The third-order valence-electron chi connectivity index (χ3n) is 5.96. The first-order chi connectivity index (χ1) is 16.7. The monoisotopic (exact) mass is 464 g/mol. The van der Waals surface area contributed by atoms with Gasteiger partial charge in [0.05, 0.1) is 11.0 Å². The van der Waals surface area contributed by atoms with E-state index in [0.29, 0.717) is 56.4 Å². The largest absolute Gasteiger partial charge is 0.486 e. The van der Waals surface area contributed by atoms with Crippen molar-refractivity contribution in [2.45, 2.75) is 38.3 Å². The lowest BCUT2D eigenvalue weighted by Gasteiger charge is -2.19. The number of aromatic nitrogens is 2. The first-order valence-electron chi connectivity index (χ1n) is 11.7. The number of aryl methyl sites for hydroxylation is 1. The van der Waals surface area contributed by atoms with E-state index in [-0.39, 0.29) is 24.5 Å². The summed E-state index contributed by atoms with van der Waals surface area (Å²) >= 11 is 0. The number of rotatable bonds is 8.